The molecule has 0 aromatic heterocycles. The van der Waals surface area contributed by atoms with Crippen molar-refractivity contribution in [3.05, 3.63) is 28.8 Å². The number of rotatable bonds is 4. The highest BCUT2D eigenvalue weighted by Crippen LogP contribution is 2.28. The van der Waals surface area contributed by atoms with E-state index in [2.05, 4.69) is 11.4 Å². The predicted molar refractivity (Wildman–Crippen MR) is 76.2 cm³/mol. The van der Waals surface area contributed by atoms with E-state index < -0.39 is 0 Å². The van der Waals surface area contributed by atoms with E-state index in [4.69, 9.17) is 16.3 Å². The molecule has 0 heterocycles. The molecule has 1 aliphatic carbocycles. The van der Waals surface area contributed by atoms with Crippen molar-refractivity contribution in [3.63, 3.8) is 0 Å². The molecular weight excluding hydrogens is 260 g/mol. The van der Waals surface area contributed by atoms with Crippen molar-refractivity contribution in [2.24, 2.45) is 5.92 Å². The fourth-order valence-electron chi connectivity index (χ4n) is 2.66. The molecule has 0 spiro atoms. The van der Waals surface area contributed by atoms with E-state index in [1.165, 1.54) is 6.42 Å². The summed E-state index contributed by atoms with van der Waals surface area (Å²) < 4.78 is 5.33. The Kier molecular flexibility index (Phi) is 5.07. The standard InChI is InChI=1S/C15H19ClN2O/c1-19-15-8-4-6-13(16)12(15)10-18-14-7-3-2-5-11(14)9-17/h4,6,8,11,14,18H,2-3,5,7,10H2,1H3. The molecule has 3 nitrogen and oxygen atoms in total. The molecule has 1 aromatic carbocycles. The average Bonchev–Trinajstić information content (AvgIpc) is 2.46. The minimum absolute atomic E-state index is 0.113. The second kappa shape index (κ2) is 6.79. The number of hydrogen-bond acceptors (Lipinski definition) is 3. The third kappa shape index (κ3) is 3.40. The van der Waals surface area contributed by atoms with Gasteiger partial charge in [-0.15, -0.1) is 0 Å². The molecule has 19 heavy (non-hydrogen) atoms. The van der Waals surface area contributed by atoms with Crippen LogP contribution in [0.3, 0.4) is 0 Å². The summed E-state index contributed by atoms with van der Waals surface area (Å²) in [5, 5.41) is 13.3. The summed E-state index contributed by atoms with van der Waals surface area (Å²) in [6, 6.07) is 8.32. The van der Waals surface area contributed by atoms with Gasteiger partial charge in [0.15, 0.2) is 0 Å². The number of nitriles is 1. The molecular formula is C15H19ClN2O. The molecule has 2 unspecified atom stereocenters. The van der Waals surface area contributed by atoms with Gasteiger partial charge in [-0.1, -0.05) is 30.5 Å². The van der Waals surface area contributed by atoms with E-state index in [9.17, 15) is 5.26 Å². The summed E-state index contributed by atoms with van der Waals surface area (Å²) in [5.74, 6) is 0.909. The van der Waals surface area contributed by atoms with Crippen LogP contribution in [0.15, 0.2) is 18.2 Å². The van der Waals surface area contributed by atoms with E-state index in [1.807, 2.05) is 18.2 Å². The molecule has 1 aromatic rings. The largest absolute Gasteiger partial charge is 0.496 e. The molecule has 0 amide bonds. The quantitative estimate of drug-likeness (QED) is 0.916. The van der Waals surface area contributed by atoms with Crippen LogP contribution < -0.4 is 10.1 Å². The average molecular weight is 279 g/mol. The maximum Gasteiger partial charge on any atom is 0.124 e. The fraction of sp³-hybridized carbons (Fsp3) is 0.533. The van der Waals surface area contributed by atoms with Crippen LogP contribution in [0.2, 0.25) is 5.02 Å². The maximum absolute atomic E-state index is 9.17. The van der Waals surface area contributed by atoms with Crippen molar-refractivity contribution < 1.29 is 4.74 Å². The Bertz CT molecular complexity index is 470. The number of hydrogen-bond donors (Lipinski definition) is 1. The van der Waals surface area contributed by atoms with Crippen LogP contribution in [0, 0.1) is 17.2 Å². The van der Waals surface area contributed by atoms with Crippen LogP contribution in [-0.2, 0) is 6.54 Å². The maximum atomic E-state index is 9.17. The number of nitrogens with one attached hydrogen (secondary N) is 1. The Hall–Kier alpha value is -1.24. The monoisotopic (exact) mass is 278 g/mol. The molecule has 4 heteroatoms. The van der Waals surface area contributed by atoms with Crippen LogP contribution in [0.25, 0.3) is 0 Å². The topological polar surface area (TPSA) is 45.0 Å². The summed E-state index contributed by atoms with van der Waals surface area (Å²) in [7, 11) is 1.65. The van der Waals surface area contributed by atoms with Gasteiger partial charge in [-0.05, 0) is 25.0 Å². The van der Waals surface area contributed by atoms with Crippen molar-refractivity contribution >= 4 is 11.6 Å². The Morgan fingerprint density at radius 1 is 1.42 bits per heavy atom. The van der Waals surface area contributed by atoms with Gasteiger partial charge in [0.05, 0.1) is 19.1 Å². The molecule has 2 rings (SSSR count). The molecule has 2 atom stereocenters. The molecule has 0 bridgehead atoms. The number of halogens is 1. The minimum Gasteiger partial charge on any atom is -0.496 e. The lowest BCUT2D eigenvalue weighted by atomic mass is 9.85. The molecule has 102 valence electrons. The second-order valence-corrected chi connectivity index (χ2v) is 5.34. The first-order valence-corrected chi connectivity index (χ1v) is 7.08. The van der Waals surface area contributed by atoms with E-state index in [0.29, 0.717) is 11.6 Å². The van der Waals surface area contributed by atoms with Gasteiger partial charge in [0.2, 0.25) is 0 Å². The van der Waals surface area contributed by atoms with Gasteiger partial charge in [0.1, 0.15) is 5.75 Å². The zero-order valence-corrected chi connectivity index (χ0v) is 11.9. The van der Waals surface area contributed by atoms with Crippen LogP contribution >= 0.6 is 11.6 Å². The molecule has 0 aliphatic heterocycles. The van der Waals surface area contributed by atoms with E-state index in [-0.39, 0.29) is 12.0 Å². The highest BCUT2D eigenvalue weighted by molar-refractivity contribution is 6.31. The Morgan fingerprint density at radius 3 is 2.95 bits per heavy atom. The van der Waals surface area contributed by atoms with Crippen LogP contribution in [0.4, 0.5) is 0 Å². The zero-order valence-electron chi connectivity index (χ0n) is 11.2. The summed E-state index contributed by atoms with van der Waals surface area (Å²) in [4.78, 5) is 0. The molecule has 1 N–H and O–H groups in total. The highest BCUT2D eigenvalue weighted by atomic mass is 35.5. The van der Waals surface area contributed by atoms with E-state index >= 15 is 0 Å². The van der Waals surface area contributed by atoms with Gasteiger partial charge in [-0.25, -0.2) is 0 Å². The molecule has 0 saturated heterocycles. The first-order valence-electron chi connectivity index (χ1n) is 6.70. The highest BCUT2D eigenvalue weighted by Gasteiger charge is 2.24. The SMILES string of the molecule is COc1cccc(Cl)c1CNC1CCCCC1C#N. The summed E-state index contributed by atoms with van der Waals surface area (Å²) >= 11 is 6.21. The number of methoxy groups -OCH3 is 1. The van der Waals surface area contributed by atoms with Crippen LogP contribution in [-0.4, -0.2) is 13.2 Å². The normalized spacial score (nSPS) is 22.8. The lowest BCUT2D eigenvalue weighted by Gasteiger charge is -2.28. The Balaban J connectivity index is 2.04. The third-order valence-electron chi connectivity index (χ3n) is 3.77. The van der Waals surface area contributed by atoms with Gasteiger partial charge in [-0.3, -0.25) is 0 Å². The van der Waals surface area contributed by atoms with E-state index in [0.717, 1.165) is 30.6 Å². The predicted octanol–water partition coefficient (Wildman–Crippen LogP) is 3.52. The first-order chi connectivity index (χ1) is 9.26. The number of nitrogens with zero attached hydrogens (tertiary/aromatic N) is 1. The molecule has 1 saturated carbocycles. The smallest absolute Gasteiger partial charge is 0.124 e. The van der Waals surface area contributed by atoms with Gasteiger partial charge in [0, 0.05) is 23.2 Å². The zero-order chi connectivity index (χ0) is 13.7. The van der Waals surface area contributed by atoms with Gasteiger partial charge in [0.25, 0.3) is 0 Å². The van der Waals surface area contributed by atoms with Crippen molar-refractivity contribution in [1.29, 1.82) is 5.26 Å². The van der Waals surface area contributed by atoms with Gasteiger partial charge >= 0.3 is 0 Å². The van der Waals surface area contributed by atoms with Gasteiger partial charge in [-0.2, -0.15) is 5.26 Å². The molecule has 1 fully saturated rings. The molecule has 0 radical (unpaired) electrons. The number of benzene rings is 1. The van der Waals surface area contributed by atoms with Crippen molar-refractivity contribution in [2.75, 3.05) is 7.11 Å². The number of ether oxygens (including phenoxy) is 1. The summed E-state index contributed by atoms with van der Waals surface area (Å²) in [6.45, 7) is 0.645. The van der Waals surface area contributed by atoms with Crippen LogP contribution in [0.5, 0.6) is 5.75 Å². The second-order valence-electron chi connectivity index (χ2n) is 4.93. The lowest BCUT2D eigenvalue weighted by Crippen LogP contribution is -2.37. The van der Waals surface area contributed by atoms with Gasteiger partial charge < -0.3 is 10.1 Å². The summed E-state index contributed by atoms with van der Waals surface area (Å²) in [6.07, 6.45) is 4.40. The fourth-order valence-corrected chi connectivity index (χ4v) is 2.90. The van der Waals surface area contributed by atoms with E-state index in [1.54, 1.807) is 7.11 Å². The Labute approximate surface area is 119 Å². The first kappa shape index (κ1) is 14.2. The third-order valence-corrected chi connectivity index (χ3v) is 4.12. The van der Waals surface area contributed by atoms with Crippen molar-refractivity contribution in [2.45, 2.75) is 38.3 Å². The van der Waals surface area contributed by atoms with Crippen LogP contribution in [0.1, 0.15) is 31.2 Å². The van der Waals surface area contributed by atoms with Crippen molar-refractivity contribution in [1.82, 2.24) is 5.32 Å². The minimum atomic E-state index is 0.113. The van der Waals surface area contributed by atoms with Crippen molar-refractivity contribution in [3.8, 4) is 11.8 Å². The summed E-state index contributed by atoms with van der Waals surface area (Å²) in [5.41, 5.74) is 0.967. The Morgan fingerprint density at radius 2 is 2.21 bits per heavy atom. The molecule has 1 aliphatic rings. The lowest BCUT2D eigenvalue weighted by molar-refractivity contribution is 0.309.